The van der Waals surface area contributed by atoms with Crippen LogP contribution in [0.3, 0.4) is 0 Å². The first-order valence-electron chi connectivity index (χ1n) is 5.48. The summed E-state index contributed by atoms with van der Waals surface area (Å²) < 4.78 is 1.74. The van der Waals surface area contributed by atoms with Gasteiger partial charge in [-0.25, -0.2) is 4.98 Å². The van der Waals surface area contributed by atoms with Crippen LogP contribution in [0.4, 0.5) is 0 Å². The molecule has 2 rings (SSSR count). The van der Waals surface area contributed by atoms with Gasteiger partial charge in [-0.1, -0.05) is 29.8 Å². The van der Waals surface area contributed by atoms with Gasteiger partial charge in [-0.2, -0.15) is 5.10 Å². The van der Waals surface area contributed by atoms with Gasteiger partial charge in [-0.15, -0.1) is 0 Å². The highest BCUT2D eigenvalue weighted by molar-refractivity contribution is 6.31. The van der Waals surface area contributed by atoms with Crippen LogP contribution < -0.4 is 5.73 Å². The number of halogens is 1. The lowest BCUT2D eigenvalue weighted by Crippen LogP contribution is -2.27. The summed E-state index contributed by atoms with van der Waals surface area (Å²) in [5.74, 6) is 0.893. The number of aryl methyl sites for hydroxylation is 1. The Labute approximate surface area is 105 Å². The quantitative estimate of drug-likeness (QED) is 0.897. The summed E-state index contributed by atoms with van der Waals surface area (Å²) in [5, 5.41) is 4.78. The Morgan fingerprint density at radius 3 is 2.76 bits per heavy atom. The topological polar surface area (TPSA) is 56.7 Å². The predicted molar refractivity (Wildman–Crippen MR) is 67.8 cm³/mol. The largest absolute Gasteiger partial charge is 0.327 e. The summed E-state index contributed by atoms with van der Waals surface area (Å²) >= 11 is 6.09. The molecule has 0 saturated heterocycles. The fraction of sp³-hybridized carbons (Fsp3) is 0.333. The van der Waals surface area contributed by atoms with Gasteiger partial charge in [0.2, 0.25) is 0 Å². The van der Waals surface area contributed by atoms with Gasteiger partial charge in [0.25, 0.3) is 0 Å². The predicted octanol–water partition coefficient (Wildman–Crippen LogP) is 1.58. The minimum Gasteiger partial charge on any atom is -0.327 e. The Balaban J connectivity index is 2.01. The molecule has 1 aromatic carbocycles. The molecule has 1 unspecified atom stereocenters. The van der Waals surface area contributed by atoms with Crippen molar-refractivity contribution in [1.82, 2.24) is 14.8 Å². The lowest BCUT2D eigenvalue weighted by Gasteiger charge is -2.12. The molecule has 0 aliphatic heterocycles. The zero-order chi connectivity index (χ0) is 12.3. The van der Waals surface area contributed by atoms with Crippen LogP contribution >= 0.6 is 11.6 Å². The van der Waals surface area contributed by atoms with Gasteiger partial charge in [0, 0.05) is 24.5 Å². The second kappa shape index (κ2) is 5.29. The second-order valence-electron chi connectivity index (χ2n) is 4.06. The SMILES string of the molecule is Cn1ncnc1CC(N)Cc1ccccc1Cl. The molecular weight excluding hydrogens is 236 g/mol. The third-order valence-electron chi connectivity index (χ3n) is 2.69. The van der Waals surface area contributed by atoms with Crippen molar-refractivity contribution in [2.45, 2.75) is 18.9 Å². The Hall–Kier alpha value is -1.39. The molecule has 90 valence electrons. The summed E-state index contributed by atoms with van der Waals surface area (Å²) in [6.07, 6.45) is 2.98. The van der Waals surface area contributed by atoms with E-state index in [0.29, 0.717) is 6.42 Å². The number of hydrogen-bond acceptors (Lipinski definition) is 3. The van der Waals surface area contributed by atoms with Gasteiger partial charge in [0.1, 0.15) is 12.2 Å². The van der Waals surface area contributed by atoms with Crippen molar-refractivity contribution in [2.24, 2.45) is 12.8 Å². The van der Waals surface area contributed by atoms with Crippen LogP contribution in [0.15, 0.2) is 30.6 Å². The molecular formula is C12H15ClN4. The third-order valence-corrected chi connectivity index (χ3v) is 3.06. The molecule has 17 heavy (non-hydrogen) atoms. The lowest BCUT2D eigenvalue weighted by molar-refractivity contribution is 0.603. The highest BCUT2D eigenvalue weighted by Gasteiger charge is 2.10. The van der Waals surface area contributed by atoms with E-state index in [1.54, 1.807) is 4.68 Å². The Morgan fingerprint density at radius 2 is 2.12 bits per heavy atom. The number of aromatic nitrogens is 3. The molecule has 1 atom stereocenters. The van der Waals surface area contributed by atoms with E-state index in [4.69, 9.17) is 17.3 Å². The zero-order valence-electron chi connectivity index (χ0n) is 9.68. The monoisotopic (exact) mass is 250 g/mol. The summed E-state index contributed by atoms with van der Waals surface area (Å²) in [6.45, 7) is 0. The first kappa shape index (κ1) is 12.1. The molecule has 2 aromatic rings. The van der Waals surface area contributed by atoms with Crippen molar-refractivity contribution in [3.05, 3.63) is 47.0 Å². The van der Waals surface area contributed by atoms with E-state index in [2.05, 4.69) is 10.1 Å². The van der Waals surface area contributed by atoms with Gasteiger partial charge < -0.3 is 5.73 Å². The highest BCUT2D eigenvalue weighted by Crippen LogP contribution is 2.16. The molecule has 2 N–H and O–H groups in total. The van der Waals surface area contributed by atoms with Gasteiger partial charge in [-0.3, -0.25) is 4.68 Å². The molecule has 0 spiro atoms. The van der Waals surface area contributed by atoms with Crippen molar-refractivity contribution in [2.75, 3.05) is 0 Å². The van der Waals surface area contributed by atoms with Crippen LogP contribution in [0.1, 0.15) is 11.4 Å². The van der Waals surface area contributed by atoms with E-state index >= 15 is 0 Å². The Morgan fingerprint density at radius 1 is 1.35 bits per heavy atom. The fourth-order valence-electron chi connectivity index (χ4n) is 1.76. The maximum atomic E-state index is 6.09. The average molecular weight is 251 g/mol. The van der Waals surface area contributed by atoms with Crippen LogP contribution in [0.5, 0.6) is 0 Å². The van der Waals surface area contributed by atoms with E-state index in [9.17, 15) is 0 Å². The zero-order valence-corrected chi connectivity index (χ0v) is 10.4. The van der Waals surface area contributed by atoms with Crippen molar-refractivity contribution in [3.63, 3.8) is 0 Å². The van der Waals surface area contributed by atoms with Crippen LogP contribution in [-0.4, -0.2) is 20.8 Å². The van der Waals surface area contributed by atoms with E-state index in [-0.39, 0.29) is 6.04 Å². The minimum absolute atomic E-state index is 0.00204. The summed E-state index contributed by atoms with van der Waals surface area (Å²) in [6, 6.07) is 7.76. The molecule has 4 nitrogen and oxygen atoms in total. The molecule has 0 bridgehead atoms. The van der Waals surface area contributed by atoms with Crippen molar-refractivity contribution in [1.29, 1.82) is 0 Å². The normalized spacial score (nSPS) is 12.6. The number of nitrogens with zero attached hydrogens (tertiary/aromatic N) is 3. The van der Waals surface area contributed by atoms with E-state index in [1.165, 1.54) is 6.33 Å². The highest BCUT2D eigenvalue weighted by atomic mass is 35.5. The van der Waals surface area contributed by atoms with Gasteiger partial charge in [0.05, 0.1) is 0 Å². The molecule has 0 amide bonds. The summed E-state index contributed by atoms with van der Waals surface area (Å²) in [4.78, 5) is 4.16. The average Bonchev–Trinajstić information content (AvgIpc) is 2.68. The molecule has 1 aromatic heterocycles. The molecule has 0 saturated carbocycles. The molecule has 0 fully saturated rings. The smallest absolute Gasteiger partial charge is 0.138 e. The Kier molecular flexibility index (Phi) is 3.76. The van der Waals surface area contributed by atoms with Crippen LogP contribution in [0.2, 0.25) is 5.02 Å². The van der Waals surface area contributed by atoms with E-state index < -0.39 is 0 Å². The lowest BCUT2D eigenvalue weighted by atomic mass is 10.0. The first-order valence-corrected chi connectivity index (χ1v) is 5.86. The maximum Gasteiger partial charge on any atom is 0.138 e. The van der Waals surface area contributed by atoms with Crippen molar-refractivity contribution in [3.8, 4) is 0 Å². The molecule has 0 aliphatic carbocycles. The van der Waals surface area contributed by atoms with Crippen molar-refractivity contribution >= 4 is 11.6 Å². The maximum absolute atomic E-state index is 6.09. The van der Waals surface area contributed by atoms with Gasteiger partial charge >= 0.3 is 0 Å². The Bertz CT molecular complexity index is 495. The summed E-state index contributed by atoms with van der Waals surface area (Å²) in [5.41, 5.74) is 7.17. The molecule has 0 aliphatic rings. The number of hydrogen-bond donors (Lipinski definition) is 1. The van der Waals surface area contributed by atoms with E-state index in [0.717, 1.165) is 22.8 Å². The number of nitrogens with two attached hydrogens (primary N) is 1. The fourth-order valence-corrected chi connectivity index (χ4v) is 1.97. The molecule has 0 radical (unpaired) electrons. The van der Waals surface area contributed by atoms with Crippen LogP contribution in [0.25, 0.3) is 0 Å². The van der Waals surface area contributed by atoms with Crippen molar-refractivity contribution < 1.29 is 0 Å². The summed E-state index contributed by atoms with van der Waals surface area (Å²) in [7, 11) is 1.87. The molecule has 1 heterocycles. The number of rotatable bonds is 4. The molecule has 5 heteroatoms. The number of benzene rings is 1. The minimum atomic E-state index is -0.00204. The van der Waals surface area contributed by atoms with E-state index in [1.807, 2.05) is 31.3 Å². The third kappa shape index (κ3) is 3.05. The van der Waals surface area contributed by atoms with Gasteiger partial charge in [-0.05, 0) is 18.1 Å². The van der Waals surface area contributed by atoms with Gasteiger partial charge in [0.15, 0.2) is 0 Å². The van der Waals surface area contributed by atoms with Crippen LogP contribution in [-0.2, 0) is 19.9 Å². The standard InChI is InChI=1S/C12H15ClN4/c1-17-12(15-8-16-17)7-10(14)6-9-4-2-3-5-11(9)13/h2-5,8,10H,6-7,14H2,1H3. The first-order chi connectivity index (χ1) is 8.16. The van der Waals surface area contributed by atoms with Crippen LogP contribution in [0, 0.1) is 0 Å². The second-order valence-corrected chi connectivity index (χ2v) is 4.47.